The third-order valence-electron chi connectivity index (χ3n) is 5.93. The Bertz CT molecular complexity index is 633. The maximum absolute atomic E-state index is 12.0. The minimum absolute atomic E-state index is 0.218. The maximum atomic E-state index is 12.0. The van der Waals surface area contributed by atoms with Gasteiger partial charge in [0.1, 0.15) is 0 Å². The highest BCUT2D eigenvalue weighted by molar-refractivity contribution is 5.92. The molecule has 1 aromatic carbocycles. The van der Waals surface area contributed by atoms with Crippen LogP contribution < -0.4 is 10.2 Å². The number of carbonyl (C=O) groups is 2. The Morgan fingerprint density at radius 2 is 1.75 bits per heavy atom. The smallest absolute Gasteiger partial charge is 0.306 e. The van der Waals surface area contributed by atoms with E-state index in [0.717, 1.165) is 44.8 Å². The van der Waals surface area contributed by atoms with E-state index in [1.165, 1.54) is 31.4 Å². The zero-order valence-electron chi connectivity index (χ0n) is 17.0. The third kappa shape index (κ3) is 6.23. The minimum atomic E-state index is -0.293. The molecule has 1 aromatic rings. The topological polar surface area (TPSA) is 61.9 Å². The van der Waals surface area contributed by atoms with Crippen molar-refractivity contribution in [3.8, 4) is 0 Å². The number of nitrogens with one attached hydrogen (secondary N) is 1. The zero-order valence-corrected chi connectivity index (χ0v) is 17.0. The lowest BCUT2D eigenvalue weighted by atomic mass is 10.0. The summed E-state index contributed by atoms with van der Waals surface area (Å²) in [5, 5.41) is 2.80. The number of hydrogen-bond acceptors (Lipinski definition) is 5. The Hall–Kier alpha value is -2.08. The molecule has 0 unspecified atom stereocenters. The molecule has 2 aliphatic rings. The van der Waals surface area contributed by atoms with Crippen molar-refractivity contribution in [2.24, 2.45) is 5.92 Å². The van der Waals surface area contributed by atoms with Gasteiger partial charge in [-0.3, -0.25) is 9.59 Å². The number of esters is 1. The van der Waals surface area contributed by atoms with Crippen LogP contribution in [0.15, 0.2) is 24.3 Å². The van der Waals surface area contributed by atoms with Crippen LogP contribution in [0.3, 0.4) is 0 Å². The van der Waals surface area contributed by atoms with Crippen LogP contribution in [-0.4, -0.2) is 56.1 Å². The molecule has 1 saturated heterocycles. The van der Waals surface area contributed by atoms with Gasteiger partial charge >= 0.3 is 5.97 Å². The first-order chi connectivity index (χ1) is 13.6. The lowest BCUT2D eigenvalue weighted by molar-refractivity contribution is -0.147. The highest BCUT2D eigenvalue weighted by Gasteiger charge is 2.18. The van der Waals surface area contributed by atoms with Crippen LogP contribution in [0.5, 0.6) is 0 Å². The second kappa shape index (κ2) is 10.5. The SMILES string of the molecule is CCN1CCN(c2ccc(NC(=O)COC(=O)CCC3CCCC3)cc2)CC1. The Balaban J connectivity index is 1.36. The van der Waals surface area contributed by atoms with Crippen molar-refractivity contribution < 1.29 is 14.3 Å². The van der Waals surface area contributed by atoms with Crippen molar-refractivity contribution >= 4 is 23.3 Å². The van der Waals surface area contributed by atoms with E-state index in [2.05, 4.69) is 22.0 Å². The quantitative estimate of drug-likeness (QED) is 0.694. The normalized spacial score (nSPS) is 18.2. The highest BCUT2D eigenvalue weighted by atomic mass is 16.5. The number of anilines is 2. The molecule has 1 aliphatic carbocycles. The molecule has 0 atom stereocenters. The molecule has 0 bridgehead atoms. The van der Waals surface area contributed by atoms with E-state index in [9.17, 15) is 9.59 Å². The molecular weight excluding hydrogens is 354 g/mol. The average molecular weight is 388 g/mol. The van der Waals surface area contributed by atoms with E-state index in [1.54, 1.807) is 0 Å². The number of ether oxygens (including phenoxy) is 1. The first kappa shape index (κ1) is 20.6. The zero-order chi connectivity index (χ0) is 19.8. The summed E-state index contributed by atoms with van der Waals surface area (Å²) in [6.07, 6.45) is 6.29. The number of nitrogens with zero attached hydrogens (tertiary/aromatic N) is 2. The van der Waals surface area contributed by atoms with Crippen molar-refractivity contribution in [3.05, 3.63) is 24.3 Å². The summed E-state index contributed by atoms with van der Waals surface area (Å²) in [7, 11) is 0. The van der Waals surface area contributed by atoms with Crippen LogP contribution in [0, 0.1) is 5.92 Å². The van der Waals surface area contributed by atoms with Gasteiger partial charge in [-0.05, 0) is 43.1 Å². The number of amides is 1. The molecule has 1 saturated carbocycles. The van der Waals surface area contributed by atoms with Crippen LogP contribution in [0.1, 0.15) is 45.4 Å². The largest absolute Gasteiger partial charge is 0.456 e. The van der Waals surface area contributed by atoms with Gasteiger partial charge in [-0.15, -0.1) is 0 Å². The highest BCUT2D eigenvalue weighted by Crippen LogP contribution is 2.28. The summed E-state index contributed by atoms with van der Waals surface area (Å²) in [6, 6.07) is 7.87. The van der Waals surface area contributed by atoms with Gasteiger partial charge in [0.05, 0.1) is 0 Å². The Labute approximate surface area is 168 Å². The molecule has 3 rings (SSSR count). The van der Waals surface area contributed by atoms with Crippen LogP contribution in [0.25, 0.3) is 0 Å². The van der Waals surface area contributed by atoms with Gasteiger partial charge < -0.3 is 19.9 Å². The lowest BCUT2D eigenvalue weighted by Gasteiger charge is -2.35. The lowest BCUT2D eigenvalue weighted by Crippen LogP contribution is -2.46. The van der Waals surface area contributed by atoms with Gasteiger partial charge in [-0.25, -0.2) is 0 Å². The fourth-order valence-electron chi connectivity index (χ4n) is 4.11. The van der Waals surface area contributed by atoms with Crippen LogP contribution in [0.2, 0.25) is 0 Å². The van der Waals surface area contributed by atoms with Crippen LogP contribution in [0.4, 0.5) is 11.4 Å². The standard InChI is InChI=1S/C22H33N3O3/c1-2-24-13-15-25(16-14-24)20-10-8-19(9-11-20)23-21(26)17-28-22(27)12-7-18-5-3-4-6-18/h8-11,18H,2-7,12-17H2,1H3,(H,23,26). The van der Waals surface area contributed by atoms with Crippen LogP contribution >= 0.6 is 0 Å². The molecular formula is C22H33N3O3. The van der Waals surface area contributed by atoms with Gasteiger partial charge in [0.2, 0.25) is 0 Å². The second-order valence-corrected chi connectivity index (χ2v) is 7.87. The molecule has 0 spiro atoms. The number of benzene rings is 1. The average Bonchev–Trinajstić information content (AvgIpc) is 3.25. The fourth-order valence-corrected chi connectivity index (χ4v) is 4.11. The maximum Gasteiger partial charge on any atom is 0.306 e. The van der Waals surface area contributed by atoms with Crippen molar-refractivity contribution in [2.45, 2.75) is 45.4 Å². The summed E-state index contributed by atoms with van der Waals surface area (Å²) in [4.78, 5) is 28.6. The predicted molar refractivity (Wildman–Crippen MR) is 112 cm³/mol. The van der Waals surface area contributed by atoms with E-state index in [4.69, 9.17) is 4.74 Å². The van der Waals surface area contributed by atoms with Crippen molar-refractivity contribution in [1.82, 2.24) is 4.90 Å². The Morgan fingerprint density at radius 1 is 1.07 bits per heavy atom. The third-order valence-corrected chi connectivity index (χ3v) is 5.93. The molecule has 1 heterocycles. The van der Waals surface area contributed by atoms with Crippen molar-refractivity contribution in [2.75, 3.05) is 49.5 Å². The fraction of sp³-hybridized carbons (Fsp3) is 0.636. The number of hydrogen-bond donors (Lipinski definition) is 1. The molecule has 1 amide bonds. The van der Waals surface area contributed by atoms with Crippen LogP contribution in [-0.2, 0) is 14.3 Å². The van der Waals surface area contributed by atoms with Gasteiger partial charge in [0.25, 0.3) is 5.91 Å². The summed E-state index contributed by atoms with van der Waals surface area (Å²) in [5.41, 5.74) is 1.90. The van der Waals surface area contributed by atoms with E-state index in [0.29, 0.717) is 12.3 Å². The molecule has 2 fully saturated rings. The molecule has 1 aliphatic heterocycles. The first-order valence-corrected chi connectivity index (χ1v) is 10.7. The van der Waals surface area contributed by atoms with Gasteiger partial charge in [0, 0.05) is 44.0 Å². The summed E-state index contributed by atoms with van der Waals surface area (Å²) in [6.45, 7) is 7.29. The monoisotopic (exact) mass is 387 g/mol. The molecule has 6 heteroatoms. The van der Waals surface area contributed by atoms with E-state index in [1.807, 2.05) is 24.3 Å². The van der Waals surface area contributed by atoms with Gasteiger partial charge in [-0.1, -0.05) is 32.6 Å². The summed E-state index contributed by atoms with van der Waals surface area (Å²) >= 11 is 0. The molecule has 1 N–H and O–H groups in total. The first-order valence-electron chi connectivity index (χ1n) is 10.7. The van der Waals surface area contributed by atoms with Crippen molar-refractivity contribution in [1.29, 1.82) is 0 Å². The van der Waals surface area contributed by atoms with E-state index >= 15 is 0 Å². The second-order valence-electron chi connectivity index (χ2n) is 7.87. The number of piperazine rings is 1. The predicted octanol–water partition coefficient (Wildman–Crippen LogP) is 3.28. The molecule has 0 radical (unpaired) electrons. The molecule has 28 heavy (non-hydrogen) atoms. The minimum Gasteiger partial charge on any atom is -0.456 e. The van der Waals surface area contributed by atoms with E-state index in [-0.39, 0.29) is 18.5 Å². The summed E-state index contributed by atoms with van der Waals surface area (Å²) in [5.74, 6) is 0.0898. The Morgan fingerprint density at radius 3 is 2.39 bits per heavy atom. The Kier molecular flexibility index (Phi) is 7.71. The van der Waals surface area contributed by atoms with Gasteiger partial charge in [0.15, 0.2) is 6.61 Å². The molecule has 154 valence electrons. The number of rotatable bonds is 8. The number of carbonyl (C=O) groups excluding carboxylic acids is 2. The molecule has 0 aromatic heterocycles. The van der Waals surface area contributed by atoms with Gasteiger partial charge in [-0.2, -0.15) is 0 Å². The number of likely N-dealkylation sites (N-methyl/N-ethyl adjacent to an activating group) is 1. The van der Waals surface area contributed by atoms with E-state index < -0.39 is 0 Å². The van der Waals surface area contributed by atoms with Crippen molar-refractivity contribution in [3.63, 3.8) is 0 Å². The molecule has 6 nitrogen and oxygen atoms in total. The summed E-state index contributed by atoms with van der Waals surface area (Å²) < 4.78 is 5.11.